The van der Waals surface area contributed by atoms with Gasteiger partial charge in [-0.15, -0.1) is 0 Å². The zero-order valence-corrected chi connectivity index (χ0v) is 10.5. The highest BCUT2D eigenvalue weighted by Crippen LogP contribution is 2.18. The molecular formula is C11H17N3O3. The minimum atomic E-state index is -0.474. The van der Waals surface area contributed by atoms with Gasteiger partial charge in [0.1, 0.15) is 5.56 Å². The fourth-order valence-electron chi connectivity index (χ4n) is 1.44. The molecule has 0 saturated heterocycles. The molecule has 6 heteroatoms. The maximum atomic E-state index is 11.7. The molecule has 1 aromatic rings. The topological polar surface area (TPSA) is 76.7 Å². The zero-order valence-electron chi connectivity index (χ0n) is 10.5. The van der Waals surface area contributed by atoms with Crippen LogP contribution in [0.15, 0.2) is 11.4 Å². The molecule has 0 aromatic carbocycles. The number of carbonyl (C=O) groups is 1. The molecule has 0 atom stereocenters. The predicted molar refractivity (Wildman–Crippen MR) is 62.6 cm³/mol. The summed E-state index contributed by atoms with van der Waals surface area (Å²) in [6.07, 6.45) is 2.60. The molecule has 1 N–H and O–H groups in total. The van der Waals surface area contributed by atoms with Crippen LogP contribution in [0.2, 0.25) is 0 Å². The Labute approximate surface area is 99.9 Å². The summed E-state index contributed by atoms with van der Waals surface area (Å²) in [6.45, 7) is 7.82. The largest absolute Gasteiger partial charge is 0.462 e. The van der Waals surface area contributed by atoms with Crippen LogP contribution in [0.4, 0.5) is 0 Å². The van der Waals surface area contributed by atoms with E-state index < -0.39 is 5.97 Å². The van der Waals surface area contributed by atoms with E-state index in [0.717, 1.165) is 0 Å². The molecular weight excluding hydrogens is 222 g/mol. The van der Waals surface area contributed by atoms with E-state index in [1.165, 1.54) is 12.4 Å². The van der Waals surface area contributed by atoms with Crippen LogP contribution in [-0.4, -0.2) is 33.8 Å². The predicted octanol–water partition coefficient (Wildman–Crippen LogP) is 1.62. The minimum absolute atomic E-state index is 0.287. The average Bonchev–Trinajstić information content (AvgIpc) is 2.62. The standard InChI is InChI=1S/C11H17N3O3/c1-5-17-10(15)8-6-12-14(11(2,3)4)9(8)7-13-16/h6-7,16H,5H2,1-4H3. The summed E-state index contributed by atoms with van der Waals surface area (Å²) >= 11 is 0. The van der Waals surface area contributed by atoms with Gasteiger partial charge in [-0.25, -0.2) is 4.79 Å². The van der Waals surface area contributed by atoms with Gasteiger partial charge in [0.15, 0.2) is 0 Å². The number of rotatable bonds is 3. The van der Waals surface area contributed by atoms with Crippen molar-refractivity contribution in [3.63, 3.8) is 0 Å². The van der Waals surface area contributed by atoms with E-state index in [4.69, 9.17) is 9.94 Å². The number of nitrogens with zero attached hydrogens (tertiary/aromatic N) is 3. The van der Waals surface area contributed by atoms with Gasteiger partial charge in [0, 0.05) is 0 Å². The van der Waals surface area contributed by atoms with Crippen molar-refractivity contribution in [2.45, 2.75) is 33.2 Å². The molecule has 0 aliphatic carbocycles. The molecule has 0 unspecified atom stereocenters. The lowest BCUT2D eigenvalue weighted by atomic mass is 10.1. The third kappa shape index (κ3) is 2.83. The first kappa shape index (κ1) is 13.2. The van der Waals surface area contributed by atoms with Crippen LogP contribution >= 0.6 is 0 Å². The molecule has 0 aliphatic rings. The van der Waals surface area contributed by atoms with Gasteiger partial charge in [-0.05, 0) is 27.7 Å². The summed E-state index contributed by atoms with van der Waals surface area (Å²) in [7, 11) is 0. The molecule has 0 aliphatic heterocycles. The maximum absolute atomic E-state index is 11.7. The van der Waals surface area contributed by atoms with Crippen LogP contribution in [0.1, 0.15) is 43.7 Å². The van der Waals surface area contributed by atoms with Crippen molar-refractivity contribution in [3.8, 4) is 0 Å². The fourth-order valence-corrected chi connectivity index (χ4v) is 1.44. The highest BCUT2D eigenvalue weighted by molar-refractivity contribution is 5.98. The van der Waals surface area contributed by atoms with Crippen LogP contribution in [0.25, 0.3) is 0 Å². The number of oxime groups is 1. The Morgan fingerprint density at radius 3 is 2.76 bits per heavy atom. The van der Waals surface area contributed by atoms with Gasteiger partial charge >= 0.3 is 5.97 Å². The van der Waals surface area contributed by atoms with Gasteiger partial charge in [-0.2, -0.15) is 5.10 Å². The summed E-state index contributed by atoms with van der Waals surface area (Å²) in [5.41, 5.74) is 0.402. The fraction of sp³-hybridized carbons (Fsp3) is 0.545. The second-order valence-corrected chi connectivity index (χ2v) is 4.49. The molecule has 1 aromatic heterocycles. The molecule has 0 radical (unpaired) electrons. The Hall–Kier alpha value is -1.85. The normalized spacial score (nSPS) is 12.0. The Bertz CT molecular complexity index is 430. The highest BCUT2D eigenvalue weighted by Gasteiger charge is 2.23. The Kier molecular flexibility index (Phi) is 3.88. The van der Waals surface area contributed by atoms with Crippen molar-refractivity contribution >= 4 is 12.2 Å². The van der Waals surface area contributed by atoms with E-state index in [1.54, 1.807) is 11.6 Å². The van der Waals surface area contributed by atoms with Gasteiger partial charge in [-0.1, -0.05) is 5.16 Å². The van der Waals surface area contributed by atoms with Gasteiger partial charge in [-0.3, -0.25) is 4.68 Å². The number of ether oxygens (including phenoxy) is 1. The number of hydrogen-bond donors (Lipinski definition) is 1. The number of esters is 1. The van der Waals surface area contributed by atoms with Crippen LogP contribution in [0, 0.1) is 0 Å². The van der Waals surface area contributed by atoms with Crippen LogP contribution in [-0.2, 0) is 10.3 Å². The Balaban J connectivity index is 3.25. The summed E-state index contributed by atoms with van der Waals surface area (Å²) < 4.78 is 6.52. The molecule has 17 heavy (non-hydrogen) atoms. The maximum Gasteiger partial charge on any atom is 0.342 e. The van der Waals surface area contributed by atoms with E-state index in [2.05, 4.69) is 10.3 Å². The molecule has 1 heterocycles. The van der Waals surface area contributed by atoms with Gasteiger partial charge in [0.2, 0.25) is 0 Å². The lowest BCUT2D eigenvalue weighted by molar-refractivity contribution is 0.0526. The van der Waals surface area contributed by atoms with E-state index in [1.807, 2.05) is 20.8 Å². The van der Waals surface area contributed by atoms with E-state index in [-0.39, 0.29) is 12.1 Å². The van der Waals surface area contributed by atoms with E-state index >= 15 is 0 Å². The molecule has 6 nitrogen and oxygen atoms in total. The monoisotopic (exact) mass is 239 g/mol. The molecule has 0 amide bonds. The van der Waals surface area contributed by atoms with Crippen molar-refractivity contribution in [3.05, 3.63) is 17.5 Å². The third-order valence-corrected chi connectivity index (χ3v) is 2.12. The lowest BCUT2D eigenvalue weighted by Gasteiger charge is -2.21. The van der Waals surface area contributed by atoms with Crippen LogP contribution < -0.4 is 0 Å². The first-order chi connectivity index (χ1) is 7.91. The van der Waals surface area contributed by atoms with Crippen molar-refractivity contribution in [1.29, 1.82) is 0 Å². The SMILES string of the molecule is CCOC(=O)c1cnn(C(C)(C)C)c1C=NO. The molecule has 0 spiro atoms. The highest BCUT2D eigenvalue weighted by atomic mass is 16.5. The summed E-state index contributed by atoms with van der Waals surface area (Å²) in [4.78, 5) is 11.7. The van der Waals surface area contributed by atoms with Gasteiger partial charge in [0.05, 0.1) is 30.3 Å². The first-order valence-corrected chi connectivity index (χ1v) is 5.34. The Morgan fingerprint density at radius 2 is 2.29 bits per heavy atom. The van der Waals surface area contributed by atoms with Crippen molar-refractivity contribution in [2.75, 3.05) is 6.61 Å². The smallest absolute Gasteiger partial charge is 0.342 e. The molecule has 0 fully saturated rings. The molecule has 0 saturated carbocycles. The van der Waals surface area contributed by atoms with Gasteiger partial charge in [0.25, 0.3) is 0 Å². The van der Waals surface area contributed by atoms with Crippen LogP contribution in [0.3, 0.4) is 0 Å². The lowest BCUT2D eigenvalue weighted by Crippen LogP contribution is -2.26. The van der Waals surface area contributed by atoms with E-state index in [9.17, 15) is 4.79 Å². The number of hydrogen-bond acceptors (Lipinski definition) is 5. The van der Waals surface area contributed by atoms with Gasteiger partial charge < -0.3 is 9.94 Å². The van der Waals surface area contributed by atoms with Crippen molar-refractivity contribution in [1.82, 2.24) is 9.78 Å². The first-order valence-electron chi connectivity index (χ1n) is 5.34. The third-order valence-electron chi connectivity index (χ3n) is 2.12. The number of carbonyl (C=O) groups excluding carboxylic acids is 1. The zero-order chi connectivity index (χ0) is 13.1. The van der Waals surface area contributed by atoms with Crippen molar-refractivity contribution < 1.29 is 14.7 Å². The molecule has 1 rings (SSSR count). The summed E-state index contributed by atoms with van der Waals surface area (Å²) in [5.74, 6) is -0.474. The minimum Gasteiger partial charge on any atom is -0.462 e. The second kappa shape index (κ2) is 4.99. The quantitative estimate of drug-likeness (QED) is 0.376. The van der Waals surface area contributed by atoms with Crippen LogP contribution in [0.5, 0.6) is 0 Å². The summed E-state index contributed by atoms with van der Waals surface area (Å²) in [6, 6.07) is 0. The van der Waals surface area contributed by atoms with Crippen molar-refractivity contribution in [2.24, 2.45) is 5.16 Å². The summed E-state index contributed by atoms with van der Waals surface area (Å²) in [5, 5.41) is 15.7. The molecule has 0 bridgehead atoms. The average molecular weight is 239 g/mol. The number of aromatic nitrogens is 2. The van der Waals surface area contributed by atoms with E-state index in [0.29, 0.717) is 11.3 Å². The second-order valence-electron chi connectivity index (χ2n) is 4.49. The molecule has 94 valence electrons. The Morgan fingerprint density at radius 1 is 1.65 bits per heavy atom.